The fourth-order valence-electron chi connectivity index (χ4n) is 1.93. The third-order valence-electron chi connectivity index (χ3n) is 2.72. The molecule has 1 saturated heterocycles. The van der Waals surface area contributed by atoms with Crippen LogP contribution in [0.1, 0.15) is 32.1 Å². The Morgan fingerprint density at radius 3 is 2.75 bits per heavy atom. The second-order valence-electron chi connectivity index (χ2n) is 4.04. The summed E-state index contributed by atoms with van der Waals surface area (Å²) >= 11 is 1.27. The van der Waals surface area contributed by atoms with Crippen LogP contribution in [0.3, 0.4) is 0 Å². The van der Waals surface area contributed by atoms with Crippen LogP contribution in [0.5, 0.6) is 0 Å². The maximum absolute atomic E-state index is 11.5. The first-order valence-corrected chi connectivity index (χ1v) is 6.54. The van der Waals surface area contributed by atoms with E-state index in [0.717, 1.165) is 12.8 Å². The number of carbonyl (C=O) groups is 2. The van der Waals surface area contributed by atoms with Crippen molar-refractivity contribution in [2.45, 2.75) is 38.1 Å². The van der Waals surface area contributed by atoms with Gasteiger partial charge in [0.15, 0.2) is 5.17 Å². The molecule has 2 fully saturated rings. The highest BCUT2D eigenvalue weighted by atomic mass is 32.2. The van der Waals surface area contributed by atoms with E-state index in [1.165, 1.54) is 31.0 Å². The molecule has 1 saturated carbocycles. The molecule has 0 atom stereocenters. The van der Waals surface area contributed by atoms with Crippen molar-refractivity contribution in [3.63, 3.8) is 0 Å². The van der Waals surface area contributed by atoms with Gasteiger partial charge in [0.05, 0.1) is 5.75 Å². The third-order valence-corrected chi connectivity index (χ3v) is 3.60. The number of hydrogen-bond donors (Lipinski definition) is 2. The van der Waals surface area contributed by atoms with Gasteiger partial charge >= 0.3 is 6.03 Å². The monoisotopic (exact) mass is 241 g/mol. The number of hydrogen-bond acceptors (Lipinski definition) is 3. The first kappa shape index (κ1) is 11.4. The minimum absolute atomic E-state index is 0.0887. The molecule has 1 aliphatic carbocycles. The lowest BCUT2D eigenvalue weighted by atomic mass is 9.96. The lowest BCUT2D eigenvalue weighted by Gasteiger charge is -2.21. The summed E-state index contributed by atoms with van der Waals surface area (Å²) in [5.74, 6) is 0.268. The molecule has 88 valence electrons. The molecule has 3 amide bonds. The molecule has 0 radical (unpaired) electrons. The van der Waals surface area contributed by atoms with E-state index in [1.807, 2.05) is 0 Å². The fraction of sp³-hybridized carbons (Fsp3) is 0.700. The molecule has 0 aromatic carbocycles. The topological polar surface area (TPSA) is 70.6 Å². The second kappa shape index (κ2) is 5.34. The minimum atomic E-state index is -0.336. The first-order valence-electron chi connectivity index (χ1n) is 5.56. The van der Waals surface area contributed by atoms with Crippen molar-refractivity contribution in [2.24, 2.45) is 4.99 Å². The Balaban J connectivity index is 1.81. The van der Waals surface area contributed by atoms with E-state index in [1.54, 1.807) is 0 Å². The molecule has 2 N–H and O–H groups in total. The molecule has 2 aliphatic rings. The summed E-state index contributed by atoms with van der Waals surface area (Å²) in [6.45, 7) is 0. The van der Waals surface area contributed by atoms with Crippen molar-refractivity contribution in [3.05, 3.63) is 0 Å². The normalized spacial score (nSPS) is 24.5. The Labute approximate surface area is 98.5 Å². The zero-order valence-electron chi connectivity index (χ0n) is 8.99. The fourth-order valence-corrected chi connectivity index (χ4v) is 2.61. The third kappa shape index (κ3) is 3.23. The zero-order valence-corrected chi connectivity index (χ0v) is 9.81. The van der Waals surface area contributed by atoms with Gasteiger partial charge in [-0.25, -0.2) is 4.79 Å². The summed E-state index contributed by atoms with van der Waals surface area (Å²) in [6.07, 6.45) is 5.68. The minimum Gasteiger partial charge on any atom is -0.333 e. The van der Waals surface area contributed by atoms with E-state index in [9.17, 15) is 9.59 Å². The van der Waals surface area contributed by atoms with Gasteiger partial charge in [-0.15, -0.1) is 0 Å². The van der Waals surface area contributed by atoms with Crippen LogP contribution in [-0.4, -0.2) is 28.9 Å². The van der Waals surface area contributed by atoms with Crippen molar-refractivity contribution in [2.75, 3.05) is 5.75 Å². The van der Waals surface area contributed by atoms with Crippen molar-refractivity contribution >= 4 is 28.9 Å². The van der Waals surface area contributed by atoms with Crippen molar-refractivity contribution in [3.8, 4) is 0 Å². The smallest absolute Gasteiger partial charge is 0.333 e. The summed E-state index contributed by atoms with van der Waals surface area (Å²) in [6, 6.07) is -0.0793. The molecule has 1 heterocycles. The van der Waals surface area contributed by atoms with Gasteiger partial charge in [-0.05, 0) is 12.8 Å². The van der Waals surface area contributed by atoms with Gasteiger partial charge in [0.1, 0.15) is 0 Å². The number of urea groups is 1. The second-order valence-corrected chi connectivity index (χ2v) is 5.00. The van der Waals surface area contributed by atoms with Gasteiger partial charge in [-0.1, -0.05) is 31.0 Å². The first-order chi connectivity index (χ1) is 7.74. The summed E-state index contributed by atoms with van der Waals surface area (Å²) in [5, 5.41) is 5.82. The van der Waals surface area contributed by atoms with Crippen LogP contribution in [0, 0.1) is 0 Å². The Hall–Kier alpha value is -1.04. The van der Waals surface area contributed by atoms with E-state index in [4.69, 9.17) is 0 Å². The summed E-state index contributed by atoms with van der Waals surface area (Å²) in [7, 11) is 0. The lowest BCUT2D eigenvalue weighted by molar-refractivity contribution is -0.116. The number of nitrogens with zero attached hydrogens (tertiary/aromatic N) is 1. The molecule has 6 heteroatoms. The van der Waals surface area contributed by atoms with Gasteiger partial charge in [-0.3, -0.25) is 4.79 Å². The summed E-state index contributed by atoms with van der Waals surface area (Å²) in [4.78, 5) is 26.2. The average molecular weight is 241 g/mol. The van der Waals surface area contributed by atoms with E-state index < -0.39 is 0 Å². The molecular formula is C10H15N3O2S. The van der Waals surface area contributed by atoms with Crippen LogP contribution in [0.25, 0.3) is 0 Å². The molecule has 0 unspecified atom stereocenters. The molecule has 0 bridgehead atoms. The SMILES string of the molecule is O=C1CS/C(=N/C(=O)NC2CCCCC2)N1. The van der Waals surface area contributed by atoms with Crippen LogP contribution < -0.4 is 10.6 Å². The number of nitrogens with one attached hydrogen (secondary N) is 2. The maximum Gasteiger partial charge on any atom is 0.343 e. The number of amides is 3. The largest absolute Gasteiger partial charge is 0.343 e. The number of thioether (sulfide) groups is 1. The van der Waals surface area contributed by atoms with Gasteiger partial charge in [0.2, 0.25) is 5.91 Å². The Kier molecular flexibility index (Phi) is 3.82. The molecular weight excluding hydrogens is 226 g/mol. The number of aliphatic imine (C=N–C) groups is 1. The predicted molar refractivity (Wildman–Crippen MR) is 63.4 cm³/mol. The van der Waals surface area contributed by atoms with E-state index in [2.05, 4.69) is 15.6 Å². The van der Waals surface area contributed by atoms with Crippen LogP contribution in [-0.2, 0) is 4.79 Å². The number of rotatable bonds is 1. The number of carbonyl (C=O) groups excluding carboxylic acids is 2. The quantitative estimate of drug-likeness (QED) is 0.725. The number of amidine groups is 1. The van der Waals surface area contributed by atoms with Crippen molar-refractivity contribution in [1.82, 2.24) is 10.6 Å². The Bertz CT molecular complexity index is 324. The maximum atomic E-state index is 11.5. The summed E-state index contributed by atoms with van der Waals surface area (Å²) < 4.78 is 0. The highest BCUT2D eigenvalue weighted by molar-refractivity contribution is 8.15. The van der Waals surface area contributed by atoms with Crippen LogP contribution in [0.15, 0.2) is 4.99 Å². The van der Waals surface area contributed by atoms with Crippen LogP contribution in [0.2, 0.25) is 0 Å². The van der Waals surface area contributed by atoms with Gasteiger partial charge < -0.3 is 10.6 Å². The molecule has 5 nitrogen and oxygen atoms in total. The highest BCUT2D eigenvalue weighted by Gasteiger charge is 2.19. The van der Waals surface area contributed by atoms with Gasteiger partial charge in [0, 0.05) is 6.04 Å². The zero-order chi connectivity index (χ0) is 11.4. The molecule has 0 aromatic rings. The lowest BCUT2D eigenvalue weighted by Crippen LogP contribution is -2.35. The Morgan fingerprint density at radius 2 is 2.12 bits per heavy atom. The molecule has 2 rings (SSSR count). The molecule has 0 aromatic heterocycles. The van der Waals surface area contributed by atoms with E-state index in [0.29, 0.717) is 10.9 Å². The Morgan fingerprint density at radius 1 is 1.38 bits per heavy atom. The van der Waals surface area contributed by atoms with Crippen LogP contribution in [0.4, 0.5) is 4.79 Å². The summed E-state index contributed by atoms with van der Waals surface area (Å²) in [5.41, 5.74) is 0. The van der Waals surface area contributed by atoms with E-state index >= 15 is 0 Å². The average Bonchev–Trinajstić information content (AvgIpc) is 2.65. The highest BCUT2D eigenvalue weighted by Crippen LogP contribution is 2.17. The van der Waals surface area contributed by atoms with Gasteiger partial charge in [0.25, 0.3) is 0 Å². The molecule has 16 heavy (non-hydrogen) atoms. The standard InChI is InChI=1S/C10H15N3O2S/c14-8-6-16-10(12-8)13-9(15)11-7-4-2-1-3-5-7/h7H,1-6H2,(H2,11,12,13,14,15). The van der Waals surface area contributed by atoms with Gasteiger partial charge in [-0.2, -0.15) is 4.99 Å². The molecule has 1 aliphatic heterocycles. The van der Waals surface area contributed by atoms with Crippen LogP contribution >= 0.6 is 11.8 Å². The van der Waals surface area contributed by atoms with Crippen molar-refractivity contribution in [1.29, 1.82) is 0 Å². The van der Waals surface area contributed by atoms with Crippen molar-refractivity contribution < 1.29 is 9.59 Å². The molecule has 0 spiro atoms. The predicted octanol–water partition coefficient (Wildman–Crippen LogP) is 1.25. The van der Waals surface area contributed by atoms with E-state index in [-0.39, 0.29) is 18.0 Å².